The van der Waals surface area contributed by atoms with E-state index >= 15 is 0 Å². The average Bonchev–Trinajstić information content (AvgIpc) is 2.62. The summed E-state index contributed by atoms with van der Waals surface area (Å²) in [6.07, 6.45) is 2.47. The number of ether oxygens (including phenoxy) is 1. The van der Waals surface area contributed by atoms with E-state index in [1.807, 2.05) is 32.1 Å². The number of phenolic OH excluding ortho intramolecular Hbond substituents is 1. The number of phenols is 1. The molecule has 0 saturated heterocycles. The molecule has 6 heteroatoms. The van der Waals surface area contributed by atoms with Crippen LogP contribution in [0.5, 0.6) is 11.5 Å². The van der Waals surface area contributed by atoms with Crippen molar-refractivity contribution in [3.05, 3.63) is 60.2 Å². The molecule has 3 rings (SSSR count). The molecule has 1 aliphatic heterocycles. The Bertz CT molecular complexity index is 902. The molecule has 2 aromatic rings. The molecule has 1 heterocycles. The highest BCUT2D eigenvalue weighted by molar-refractivity contribution is 7.89. The normalized spacial score (nSPS) is 15.7. The average molecular weight is 373 g/mol. The molecule has 0 spiro atoms. The molecular formula is C20H23NO4S. The van der Waals surface area contributed by atoms with E-state index in [0.717, 1.165) is 11.1 Å². The summed E-state index contributed by atoms with van der Waals surface area (Å²) < 4.78 is 32.7. The lowest BCUT2D eigenvalue weighted by Crippen LogP contribution is -2.34. The van der Waals surface area contributed by atoms with Crippen LogP contribution >= 0.6 is 0 Å². The summed E-state index contributed by atoms with van der Waals surface area (Å²) in [5.41, 5.74) is 1.73. The fraction of sp³-hybridized carbons (Fsp3) is 0.300. The van der Waals surface area contributed by atoms with Crippen LogP contribution in [0, 0.1) is 0 Å². The van der Waals surface area contributed by atoms with E-state index in [1.165, 1.54) is 4.31 Å². The maximum Gasteiger partial charge on any atom is 0.243 e. The van der Waals surface area contributed by atoms with Gasteiger partial charge in [0.1, 0.15) is 11.5 Å². The van der Waals surface area contributed by atoms with Gasteiger partial charge in [-0.25, -0.2) is 8.42 Å². The van der Waals surface area contributed by atoms with E-state index in [-0.39, 0.29) is 23.3 Å². The van der Waals surface area contributed by atoms with Gasteiger partial charge < -0.3 is 9.84 Å². The van der Waals surface area contributed by atoms with Crippen molar-refractivity contribution in [2.45, 2.75) is 31.3 Å². The molecule has 0 unspecified atom stereocenters. The van der Waals surface area contributed by atoms with Crippen molar-refractivity contribution in [2.75, 3.05) is 13.1 Å². The molecule has 0 radical (unpaired) electrons. The van der Waals surface area contributed by atoms with Gasteiger partial charge in [0.15, 0.2) is 0 Å². The molecule has 0 fully saturated rings. The van der Waals surface area contributed by atoms with Crippen molar-refractivity contribution in [3.63, 3.8) is 0 Å². The van der Waals surface area contributed by atoms with Crippen LogP contribution in [0.3, 0.4) is 0 Å². The van der Waals surface area contributed by atoms with Gasteiger partial charge >= 0.3 is 0 Å². The van der Waals surface area contributed by atoms with E-state index in [9.17, 15) is 13.5 Å². The monoisotopic (exact) mass is 373 g/mol. The third-order valence-electron chi connectivity index (χ3n) is 4.26. The minimum atomic E-state index is -3.55. The molecule has 0 amide bonds. The maximum absolute atomic E-state index is 12.8. The summed E-state index contributed by atoms with van der Waals surface area (Å²) in [6.45, 7) is 4.52. The standard InChI is InChI=1S/C20H23NO4S/c1-15(2)25-17-7-9-18(10-8-17)26(23,24)21-13-11-16(12-14-21)19-5-3-4-6-20(19)22/h3-11,15,22H,12-14H2,1-2H3. The van der Waals surface area contributed by atoms with E-state index in [0.29, 0.717) is 18.7 Å². The third kappa shape index (κ3) is 3.92. The lowest BCUT2D eigenvalue weighted by Gasteiger charge is -2.26. The summed E-state index contributed by atoms with van der Waals surface area (Å²) in [5.74, 6) is 0.870. The van der Waals surface area contributed by atoms with Crippen LogP contribution in [-0.2, 0) is 10.0 Å². The first-order valence-electron chi connectivity index (χ1n) is 8.62. The van der Waals surface area contributed by atoms with Gasteiger partial charge in [-0.3, -0.25) is 0 Å². The maximum atomic E-state index is 12.8. The second-order valence-electron chi connectivity index (χ2n) is 6.50. The zero-order valence-electron chi connectivity index (χ0n) is 14.9. The smallest absolute Gasteiger partial charge is 0.243 e. The number of benzene rings is 2. The molecule has 0 aromatic heterocycles. The van der Waals surface area contributed by atoms with Gasteiger partial charge in [0.05, 0.1) is 11.0 Å². The van der Waals surface area contributed by atoms with Crippen molar-refractivity contribution in [1.29, 1.82) is 0 Å². The van der Waals surface area contributed by atoms with Gasteiger partial charge in [-0.15, -0.1) is 0 Å². The largest absolute Gasteiger partial charge is 0.507 e. The number of sulfonamides is 1. The topological polar surface area (TPSA) is 66.8 Å². The quantitative estimate of drug-likeness (QED) is 0.869. The summed E-state index contributed by atoms with van der Waals surface area (Å²) >= 11 is 0. The van der Waals surface area contributed by atoms with Crippen LogP contribution in [0.2, 0.25) is 0 Å². The van der Waals surface area contributed by atoms with Gasteiger partial charge in [0.2, 0.25) is 10.0 Å². The van der Waals surface area contributed by atoms with Crippen molar-refractivity contribution < 1.29 is 18.3 Å². The van der Waals surface area contributed by atoms with Crippen molar-refractivity contribution in [2.24, 2.45) is 0 Å². The molecule has 0 saturated carbocycles. The molecule has 1 aliphatic rings. The van der Waals surface area contributed by atoms with Crippen molar-refractivity contribution in [3.8, 4) is 11.5 Å². The van der Waals surface area contributed by atoms with Gasteiger partial charge in [-0.05, 0) is 56.2 Å². The lowest BCUT2D eigenvalue weighted by atomic mass is 9.99. The summed E-state index contributed by atoms with van der Waals surface area (Å²) in [5, 5.41) is 9.97. The first kappa shape index (κ1) is 18.5. The van der Waals surface area contributed by atoms with Crippen LogP contribution in [-0.4, -0.2) is 37.0 Å². The molecule has 0 atom stereocenters. The third-order valence-corrected chi connectivity index (χ3v) is 6.13. The van der Waals surface area contributed by atoms with E-state index < -0.39 is 10.0 Å². The summed E-state index contributed by atoms with van der Waals surface area (Å²) in [6, 6.07) is 13.6. The van der Waals surface area contributed by atoms with E-state index in [4.69, 9.17) is 4.74 Å². The number of nitrogens with zero attached hydrogens (tertiary/aromatic N) is 1. The first-order valence-corrected chi connectivity index (χ1v) is 10.1. The Balaban J connectivity index is 1.76. The Kier molecular flexibility index (Phi) is 5.34. The highest BCUT2D eigenvalue weighted by Crippen LogP contribution is 2.31. The fourth-order valence-corrected chi connectivity index (χ4v) is 4.35. The molecule has 2 aromatic carbocycles. The molecule has 0 bridgehead atoms. The minimum Gasteiger partial charge on any atom is -0.507 e. The van der Waals surface area contributed by atoms with Gasteiger partial charge in [0, 0.05) is 18.7 Å². The summed E-state index contributed by atoms with van der Waals surface area (Å²) in [7, 11) is -3.55. The Hall–Kier alpha value is -2.31. The van der Waals surface area contributed by atoms with Gasteiger partial charge in [-0.2, -0.15) is 4.31 Å². The Labute approximate surface area is 154 Å². The SMILES string of the molecule is CC(C)Oc1ccc(S(=O)(=O)N2CC=C(c3ccccc3O)CC2)cc1. The first-order chi connectivity index (χ1) is 12.4. The van der Waals surface area contributed by atoms with Gasteiger partial charge in [-0.1, -0.05) is 24.3 Å². The van der Waals surface area contributed by atoms with Gasteiger partial charge in [0.25, 0.3) is 0 Å². The molecule has 1 N–H and O–H groups in total. The molecule has 138 valence electrons. The number of para-hydroxylation sites is 1. The fourth-order valence-electron chi connectivity index (χ4n) is 2.97. The second-order valence-corrected chi connectivity index (χ2v) is 8.44. The number of aromatic hydroxyl groups is 1. The number of hydrogen-bond donors (Lipinski definition) is 1. The van der Waals surface area contributed by atoms with E-state index in [1.54, 1.807) is 36.4 Å². The lowest BCUT2D eigenvalue weighted by molar-refractivity contribution is 0.242. The van der Waals surface area contributed by atoms with Crippen LogP contribution in [0.4, 0.5) is 0 Å². The second kappa shape index (κ2) is 7.51. The number of rotatable bonds is 5. The summed E-state index contributed by atoms with van der Waals surface area (Å²) in [4.78, 5) is 0.257. The Morgan fingerprint density at radius 1 is 1.08 bits per heavy atom. The molecular weight excluding hydrogens is 350 g/mol. The van der Waals surface area contributed by atoms with Crippen molar-refractivity contribution >= 4 is 15.6 Å². The molecule has 0 aliphatic carbocycles. The zero-order chi connectivity index (χ0) is 18.7. The van der Waals surface area contributed by atoms with Crippen LogP contribution in [0.15, 0.2) is 59.5 Å². The predicted octanol–water partition coefficient (Wildman–Crippen LogP) is 3.66. The van der Waals surface area contributed by atoms with Crippen LogP contribution in [0.1, 0.15) is 25.8 Å². The minimum absolute atomic E-state index is 0.0394. The van der Waals surface area contributed by atoms with Crippen LogP contribution in [0.25, 0.3) is 5.57 Å². The number of hydrogen-bond acceptors (Lipinski definition) is 4. The Morgan fingerprint density at radius 2 is 1.77 bits per heavy atom. The molecule has 26 heavy (non-hydrogen) atoms. The predicted molar refractivity (Wildman–Crippen MR) is 102 cm³/mol. The van der Waals surface area contributed by atoms with E-state index in [2.05, 4.69) is 0 Å². The zero-order valence-corrected chi connectivity index (χ0v) is 15.7. The molecule has 5 nitrogen and oxygen atoms in total. The van der Waals surface area contributed by atoms with Crippen molar-refractivity contribution in [1.82, 2.24) is 4.31 Å². The highest BCUT2D eigenvalue weighted by atomic mass is 32.2. The Morgan fingerprint density at radius 3 is 2.35 bits per heavy atom. The van der Waals surface area contributed by atoms with Crippen LogP contribution < -0.4 is 4.74 Å². The highest BCUT2D eigenvalue weighted by Gasteiger charge is 2.26.